The van der Waals surface area contributed by atoms with E-state index in [0.717, 1.165) is 11.1 Å². The third-order valence-electron chi connectivity index (χ3n) is 7.17. The predicted molar refractivity (Wildman–Crippen MR) is 148 cm³/mol. The molecule has 0 aliphatic carbocycles. The van der Waals surface area contributed by atoms with E-state index in [-0.39, 0.29) is 36.1 Å². The third kappa shape index (κ3) is 6.52. The van der Waals surface area contributed by atoms with Gasteiger partial charge in [-0.1, -0.05) is 47.5 Å². The number of carbonyl (C=O) groups excluding carboxylic acids is 3. The molecule has 2 amide bonds. The molecule has 8 nitrogen and oxygen atoms in total. The van der Waals surface area contributed by atoms with E-state index in [2.05, 4.69) is 0 Å². The van der Waals surface area contributed by atoms with E-state index in [1.807, 2.05) is 12.1 Å². The van der Waals surface area contributed by atoms with Crippen molar-refractivity contribution < 1.29 is 29.0 Å². The van der Waals surface area contributed by atoms with Gasteiger partial charge in [0.1, 0.15) is 0 Å². The highest BCUT2D eigenvalue weighted by Gasteiger charge is 2.36. The molecule has 0 saturated carbocycles. The average molecular weight is 573 g/mol. The van der Waals surface area contributed by atoms with E-state index < -0.39 is 17.9 Å². The molecule has 1 N–H and O–H groups in total. The molecule has 2 aliphatic heterocycles. The van der Waals surface area contributed by atoms with Gasteiger partial charge in [0, 0.05) is 60.2 Å². The summed E-state index contributed by atoms with van der Waals surface area (Å²) >= 11 is 11.7. The van der Waals surface area contributed by atoms with Crippen LogP contribution in [0.15, 0.2) is 71.1 Å². The van der Waals surface area contributed by atoms with Gasteiger partial charge in [0.05, 0.1) is 18.3 Å². The van der Waals surface area contributed by atoms with E-state index in [0.29, 0.717) is 27.0 Å². The van der Waals surface area contributed by atoms with Crippen LogP contribution in [0.5, 0.6) is 0 Å². The molecule has 2 unspecified atom stereocenters. The zero-order valence-corrected chi connectivity index (χ0v) is 23.8. The fourth-order valence-corrected chi connectivity index (χ4v) is 4.98. The molecule has 2 heterocycles. The van der Waals surface area contributed by atoms with E-state index in [4.69, 9.17) is 27.9 Å². The Bertz CT molecular complexity index is 1350. The summed E-state index contributed by atoms with van der Waals surface area (Å²) in [7, 11) is 4.61. The fourth-order valence-electron chi connectivity index (χ4n) is 4.73. The molecule has 0 spiro atoms. The molecule has 39 heavy (non-hydrogen) atoms. The molecule has 0 radical (unpaired) electrons. The standard InChI is InChI=1S/C15H16ClNO3.C14H14ClNO3/c1-9-14(15(19)20-3)12(8-13(18)17(9)2)10-4-6-11(16)7-5-10;1-8-13(14(18)19)11(7-12(17)16(8)2)9-3-5-10(15)6-4-9/h4-7,12H,8H2,1-3H3;3-6,11H,7H2,1-2H3,(H,18,19). The normalized spacial score (nSPS) is 19.6. The first-order valence-electron chi connectivity index (χ1n) is 12.1. The zero-order chi connectivity index (χ0) is 29.0. The van der Waals surface area contributed by atoms with Gasteiger partial charge in [0.25, 0.3) is 0 Å². The molecular formula is C29H30Cl2N2O6. The maximum atomic E-state index is 12.0. The zero-order valence-electron chi connectivity index (χ0n) is 22.3. The Morgan fingerprint density at radius 3 is 1.49 bits per heavy atom. The second-order valence-corrected chi connectivity index (χ2v) is 10.2. The fraction of sp³-hybridized carbons (Fsp3) is 0.310. The van der Waals surface area contributed by atoms with Crippen molar-refractivity contribution in [2.45, 2.75) is 38.5 Å². The number of ether oxygens (including phenoxy) is 1. The Hall–Kier alpha value is -3.62. The van der Waals surface area contributed by atoms with Crippen molar-refractivity contribution in [3.05, 3.63) is 92.2 Å². The summed E-state index contributed by atoms with van der Waals surface area (Å²) in [6.45, 7) is 3.41. The lowest BCUT2D eigenvalue weighted by atomic mass is 9.84. The molecular weight excluding hydrogens is 543 g/mol. The number of allylic oxidation sites excluding steroid dienone is 2. The molecule has 4 rings (SSSR count). The Balaban J connectivity index is 0.000000216. The topological polar surface area (TPSA) is 104 Å². The number of carboxylic acid groups (broad SMARTS) is 1. The average Bonchev–Trinajstić information content (AvgIpc) is 2.90. The van der Waals surface area contributed by atoms with Gasteiger partial charge in [0.15, 0.2) is 0 Å². The highest BCUT2D eigenvalue weighted by Crippen LogP contribution is 2.37. The van der Waals surface area contributed by atoms with E-state index in [1.165, 1.54) is 16.9 Å². The minimum Gasteiger partial charge on any atom is -0.478 e. The van der Waals surface area contributed by atoms with Gasteiger partial charge in [-0.3, -0.25) is 9.59 Å². The lowest BCUT2D eigenvalue weighted by Gasteiger charge is -2.31. The minimum atomic E-state index is -0.989. The molecule has 2 aliphatic rings. The molecule has 2 aromatic rings. The number of esters is 1. The van der Waals surface area contributed by atoms with Gasteiger partial charge < -0.3 is 19.6 Å². The molecule has 2 atom stereocenters. The maximum Gasteiger partial charge on any atom is 0.336 e. The van der Waals surface area contributed by atoms with E-state index in [9.17, 15) is 24.3 Å². The highest BCUT2D eigenvalue weighted by molar-refractivity contribution is 6.30. The summed E-state index contributed by atoms with van der Waals surface area (Å²) in [5.41, 5.74) is 3.59. The SMILES string of the molecule is CC1=C(C(=O)O)C(c2ccc(Cl)cc2)CC(=O)N1C.COC(=O)C1=C(C)N(C)C(=O)CC1c1ccc(Cl)cc1. The maximum absolute atomic E-state index is 12.0. The number of rotatable bonds is 4. The number of amides is 2. The Morgan fingerprint density at radius 1 is 0.769 bits per heavy atom. The number of aliphatic carboxylic acids is 1. The largest absolute Gasteiger partial charge is 0.478 e. The van der Waals surface area contributed by atoms with Crippen LogP contribution in [0.3, 0.4) is 0 Å². The van der Waals surface area contributed by atoms with Crippen molar-refractivity contribution in [2.24, 2.45) is 0 Å². The van der Waals surface area contributed by atoms with Crippen molar-refractivity contribution in [1.82, 2.24) is 9.80 Å². The summed E-state index contributed by atoms with van der Waals surface area (Å²) in [5.74, 6) is -2.20. The van der Waals surface area contributed by atoms with Crippen molar-refractivity contribution in [3.63, 3.8) is 0 Å². The number of carboxylic acids is 1. The molecule has 0 bridgehead atoms. The van der Waals surface area contributed by atoms with Crippen LogP contribution in [0.4, 0.5) is 0 Å². The number of hydrogen-bond acceptors (Lipinski definition) is 5. The van der Waals surface area contributed by atoms with Crippen molar-refractivity contribution >= 4 is 47.0 Å². The van der Waals surface area contributed by atoms with E-state index >= 15 is 0 Å². The second kappa shape index (κ2) is 12.5. The van der Waals surface area contributed by atoms with Crippen molar-refractivity contribution in [3.8, 4) is 0 Å². The summed E-state index contributed by atoms with van der Waals surface area (Å²) in [4.78, 5) is 50.3. The molecule has 0 aromatic heterocycles. The smallest absolute Gasteiger partial charge is 0.336 e. The molecule has 2 aromatic carbocycles. The van der Waals surface area contributed by atoms with Crippen LogP contribution in [0.25, 0.3) is 0 Å². The van der Waals surface area contributed by atoms with E-state index in [1.54, 1.807) is 64.3 Å². The number of carbonyl (C=O) groups is 4. The predicted octanol–water partition coefficient (Wildman–Crippen LogP) is 5.38. The van der Waals surface area contributed by atoms with Crippen LogP contribution in [-0.4, -0.2) is 59.9 Å². The van der Waals surface area contributed by atoms with Crippen molar-refractivity contribution in [2.75, 3.05) is 21.2 Å². The van der Waals surface area contributed by atoms with Gasteiger partial charge in [-0.15, -0.1) is 0 Å². The molecule has 10 heteroatoms. The third-order valence-corrected chi connectivity index (χ3v) is 7.67. The summed E-state index contributed by atoms with van der Waals surface area (Å²) in [6, 6.07) is 14.1. The van der Waals surface area contributed by atoms with Crippen LogP contribution in [0.1, 0.15) is 49.7 Å². The Kier molecular flexibility index (Phi) is 9.59. The van der Waals surface area contributed by atoms with Crippen molar-refractivity contribution in [1.29, 1.82) is 0 Å². The lowest BCUT2D eigenvalue weighted by Crippen LogP contribution is -2.35. The number of methoxy groups -OCH3 is 1. The second-order valence-electron chi connectivity index (χ2n) is 9.32. The molecule has 0 fully saturated rings. The Labute approximate surface area is 237 Å². The number of benzene rings is 2. The first kappa shape index (κ1) is 29.9. The molecule has 206 valence electrons. The minimum absolute atomic E-state index is 0.0184. The van der Waals surface area contributed by atoms with Gasteiger partial charge in [-0.25, -0.2) is 9.59 Å². The Morgan fingerprint density at radius 2 is 1.13 bits per heavy atom. The summed E-state index contributed by atoms with van der Waals surface area (Å²) in [6.07, 6.45) is 0.414. The van der Waals surface area contributed by atoms with Crippen LogP contribution in [-0.2, 0) is 23.9 Å². The van der Waals surface area contributed by atoms with Crippen LogP contribution >= 0.6 is 23.2 Å². The van der Waals surface area contributed by atoms with Gasteiger partial charge in [-0.05, 0) is 49.2 Å². The monoisotopic (exact) mass is 572 g/mol. The summed E-state index contributed by atoms with van der Waals surface area (Å²) in [5, 5.41) is 10.6. The highest BCUT2D eigenvalue weighted by atomic mass is 35.5. The first-order chi connectivity index (χ1) is 18.4. The number of halogens is 2. The lowest BCUT2D eigenvalue weighted by molar-refractivity contribution is -0.138. The van der Waals surface area contributed by atoms with Crippen LogP contribution in [0.2, 0.25) is 10.0 Å². The molecule has 0 saturated heterocycles. The van der Waals surface area contributed by atoms with Gasteiger partial charge in [-0.2, -0.15) is 0 Å². The van der Waals surface area contributed by atoms with Gasteiger partial charge in [0.2, 0.25) is 11.8 Å². The quantitative estimate of drug-likeness (QED) is 0.493. The van der Waals surface area contributed by atoms with Crippen LogP contribution in [0, 0.1) is 0 Å². The first-order valence-corrected chi connectivity index (χ1v) is 12.9. The summed E-state index contributed by atoms with van der Waals surface area (Å²) < 4.78 is 4.86. The number of hydrogen-bond donors (Lipinski definition) is 1. The number of nitrogens with zero attached hydrogens (tertiary/aromatic N) is 2. The van der Waals surface area contributed by atoms with Crippen LogP contribution < -0.4 is 0 Å². The van der Waals surface area contributed by atoms with Gasteiger partial charge >= 0.3 is 11.9 Å².